The lowest BCUT2D eigenvalue weighted by Gasteiger charge is -2.19. The van der Waals surface area contributed by atoms with Crippen LogP contribution in [0.25, 0.3) is 0 Å². The first kappa shape index (κ1) is 25.9. The Hall–Kier alpha value is -4.17. The van der Waals surface area contributed by atoms with Crippen molar-refractivity contribution < 1.29 is 19.0 Å². The molecule has 0 unspecified atom stereocenters. The lowest BCUT2D eigenvalue weighted by Crippen LogP contribution is -2.20. The third-order valence-electron chi connectivity index (χ3n) is 5.56. The maximum absolute atomic E-state index is 13.2. The first-order valence-electron chi connectivity index (χ1n) is 12.2. The Bertz CT molecular complexity index is 1280. The van der Waals surface area contributed by atoms with E-state index in [2.05, 4.69) is 27.5 Å². The van der Waals surface area contributed by atoms with E-state index in [1.165, 1.54) is 5.56 Å². The van der Waals surface area contributed by atoms with Crippen LogP contribution in [0.2, 0.25) is 0 Å². The predicted octanol–water partition coefficient (Wildman–Crippen LogP) is 5.00. The van der Waals surface area contributed by atoms with Crippen molar-refractivity contribution in [1.82, 2.24) is 14.8 Å². The van der Waals surface area contributed by atoms with Crippen molar-refractivity contribution in [3.05, 3.63) is 102 Å². The lowest BCUT2D eigenvalue weighted by atomic mass is 10.1. The molecule has 0 aliphatic carbocycles. The fourth-order valence-corrected chi connectivity index (χ4v) is 3.94. The number of rotatable bonds is 12. The molecule has 4 aromatic rings. The van der Waals surface area contributed by atoms with E-state index in [-0.39, 0.29) is 18.1 Å². The van der Waals surface area contributed by atoms with Gasteiger partial charge in [0.2, 0.25) is 0 Å². The van der Waals surface area contributed by atoms with E-state index in [1.807, 2.05) is 50.4 Å². The number of nitrogens with zero attached hydrogens (tertiary/aromatic N) is 3. The lowest BCUT2D eigenvalue weighted by molar-refractivity contribution is 0.0913. The molecule has 4 rings (SSSR count). The Labute approximate surface area is 217 Å². The van der Waals surface area contributed by atoms with E-state index in [0.717, 1.165) is 12.0 Å². The summed E-state index contributed by atoms with van der Waals surface area (Å²) in [6.45, 7) is 4.91. The second-order valence-electron chi connectivity index (χ2n) is 8.90. The largest absolute Gasteiger partial charge is 0.490 e. The van der Waals surface area contributed by atoms with Gasteiger partial charge in [0, 0.05) is 49.8 Å². The monoisotopic (exact) mass is 500 g/mol. The number of amides is 1. The van der Waals surface area contributed by atoms with Crippen molar-refractivity contribution >= 4 is 11.7 Å². The van der Waals surface area contributed by atoms with Crippen LogP contribution in [0.3, 0.4) is 0 Å². The van der Waals surface area contributed by atoms with Crippen LogP contribution in [0.4, 0.5) is 5.82 Å². The van der Waals surface area contributed by atoms with Gasteiger partial charge >= 0.3 is 0 Å². The summed E-state index contributed by atoms with van der Waals surface area (Å²) >= 11 is 0. The molecule has 8 heteroatoms. The number of aromatic nitrogens is 3. The number of anilines is 1. The third kappa shape index (κ3) is 7.91. The van der Waals surface area contributed by atoms with Crippen molar-refractivity contribution in [3.8, 4) is 11.5 Å². The van der Waals surface area contributed by atoms with Crippen LogP contribution in [0, 0.1) is 0 Å². The van der Waals surface area contributed by atoms with Crippen LogP contribution >= 0.6 is 0 Å². The van der Waals surface area contributed by atoms with Crippen LogP contribution < -0.4 is 14.8 Å². The first-order chi connectivity index (χ1) is 18.0. The molecule has 1 amide bonds. The number of benzene rings is 2. The highest BCUT2D eigenvalue weighted by molar-refractivity contribution is 6.04. The topological polar surface area (TPSA) is 87.5 Å². The van der Waals surface area contributed by atoms with Gasteiger partial charge in [0.1, 0.15) is 17.6 Å². The maximum atomic E-state index is 13.2. The molecule has 2 aromatic heterocycles. The van der Waals surface area contributed by atoms with Gasteiger partial charge in [0.25, 0.3) is 5.91 Å². The fourth-order valence-electron chi connectivity index (χ4n) is 3.94. The molecule has 0 saturated heterocycles. The normalized spacial score (nSPS) is 12.5. The summed E-state index contributed by atoms with van der Waals surface area (Å²) in [6.07, 6.45) is 5.75. The summed E-state index contributed by atoms with van der Waals surface area (Å²) in [5, 5.41) is 7.34. The standard InChI is InChI=1S/C29H32N4O4/c1-21(15-23-7-5-4-6-8-23)36-26-16-25(17-27(18-26)37-22(2)20-35-3)29(34)31-28-11-14-33(32-28)19-24-9-12-30-13-10-24/h4-14,16-18,21-22H,15,19-20H2,1-3H3,(H,31,32,34)/t21-,22-/m0/s1. The van der Waals surface area contributed by atoms with Crippen molar-refractivity contribution in [2.45, 2.75) is 39.0 Å². The number of methoxy groups -OCH3 is 1. The molecule has 0 aliphatic heterocycles. The molecule has 8 nitrogen and oxygen atoms in total. The van der Waals surface area contributed by atoms with E-state index in [1.54, 1.807) is 48.5 Å². The molecule has 1 N–H and O–H groups in total. The quantitative estimate of drug-likeness (QED) is 0.295. The summed E-state index contributed by atoms with van der Waals surface area (Å²) in [5.74, 6) is 1.24. The van der Waals surface area contributed by atoms with Gasteiger partial charge in [-0.1, -0.05) is 30.3 Å². The summed E-state index contributed by atoms with van der Waals surface area (Å²) in [6, 6.07) is 21.0. The summed E-state index contributed by atoms with van der Waals surface area (Å²) in [7, 11) is 1.62. The molecular formula is C29H32N4O4. The molecule has 37 heavy (non-hydrogen) atoms. The summed E-state index contributed by atoms with van der Waals surface area (Å²) in [4.78, 5) is 17.2. The predicted molar refractivity (Wildman–Crippen MR) is 142 cm³/mol. The average molecular weight is 501 g/mol. The number of hydrogen-bond acceptors (Lipinski definition) is 6. The highest BCUT2D eigenvalue weighted by Crippen LogP contribution is 2.26. The number of pyridine rings is 1. The number of hydrogen-bond donors (Lipinski definition) is 1. The van der Waals surface area contributed by atoms with E-state index < -0.39 is 0 Å². The highest BCUT2D eigenvalue weighted by atomic mass is 16.5. The number of carbonyl (C=O) groups excluding carboxylic acids is 1. The van der Waals surface area contributed by atoms with E-state index >= 15 is 0 Å². The minimum atomic E-state index is -0.306. The molecule has 192 valence electrons. The van der Waals surface area contributed by atoms with Gasteiger partial charge in [0.15, 0.2) is 5.82 Å². The van der Waals surface area contributed by atoms with Crippen LogP contribution in [-0.2, 0) is 17.7 Å². The minimum Gasteiger partial charge on any atom is -0.490 e. The SMILES string of the molecule is COC[C@H](C)Oc1cc(O[C@@H](C)Cc2ccccc2)cc(C(=O)Nc2ccn(Cc3ccncc3)n2)c1. The number of carbonyl (C=O) groups is 1. The van der Waals surface area contributed by atoms with Crippen LogP contribution in [0.1, 0.15) is 35.3 Å². The molecule has 2 aromatic carbocycles. The Morgan fingerprint density at radius 2 is 1.62 bits per heavy atom. The molecule has 2 heterocycles. The van der Waals surface area contributed by atoms with Crippen molar-refractivity contribution in [3.63, 3.8) is 0 Å². The van der Waals surface area contributed by atoms with Gasteiger partial charge in [0.05, 0.1) is 19.3 Å². The van der Waals surface area contributed by atoms with Gasteiger partial charge < -0.3 is 19.5 Å². The summed E-state index contributed by atoms with van der Waals surface area (Å²) in [5.41, 5.74) is 2.65. The van der Waals surface area contributed by atoms with Gasteiger partial charge in [-0.25, -0.2) is 0 Å². The van der Waals surface area contributed by atoms with Crippen LogP contribution in [-0.4, -0.2) is 46.6 Å². The Morgan fingerprint density at radius 1 is 0.919 bits per heavy atom. The highest BCUT2D eigenvalue weighted by Gasteiger charge is 2.15. The molecule has 2 atom stereocenters. The molecule has 0 aliphatic rings. The second kappa shape index (κ2) is 12.7. The molecular weight excluding hydrogens is 468 g/mol. The average Bonchev–Trinajstić information content (AvgIpc) is 3.31. The van der Waals surface area contributed by atoms with Crippen LogP contribution in [0.5, 0.6) is 11.5 Å². The molecule has 0 radical (unpaired) electrons. The molecule has 0 fully saturated rings. The Balaban J connectivity index is 1.48. The molecule has 0 bridgehead atoms. The van der Waals surface area contributed by atoms with Crippen molar-refractivity contribution in [1.29, 1.82) is 0 Å². The zero-order chi connectivity index (χ0) is 26.0. The molecule has 0 saturated carbocycles. The zero-order valence-corrected chi connectivity index (χ0v) is 21.3. The Morgan fingerprint density at radius 3 is 2.32 bits per heavy atom. The Kier molecular flexibility index (Phi) is 8.89. The van der Waals surface area contributed by atoms with E-state index in [0.29, 0.717) is 36.0 Å². The van der Waals surface area contributed by atoms with Gasteiger partial charge in [-0.15, -0.1) is 0 Å². The smallest absolute Gasteiger partial charge is 0.257 e. The van der Waals surface area contributed by atoms with E-state index in [9.17, 15) is 4.79 Å². The minimum absolute atomic E-state index is 0.103. The zero-order valence-electron chi connectivity index (χ0n) is 21.3. The molecule has 0 spiro atoms. The summed E-state index contributed by atoms with van der Waals surface area (Å²) < 4.78 is 19.1. The second-order valence-corrected chi connectivity index (χ2v) is 8.90. The third-order valence-corrected chi connectivity index (χ3v) is 5.56. The van der Waals surface area contributed by atoms with E-state index in [4.69, 9.17) is 14.2 Å². The van der Waals surface area contributed by atoms with Gasteiger partial charge in [-0.3, -0.25) is 14.5 Å². The van der Waals surface area contributed by atoms with Crippen molar-refractivity contribution in [2.24, 2.45) is 0 Å². The first-order valence-corrected chi connectivity index (χ1v) is 12.2. The van der Waals surface area contributed by atoms with Crippen LogP contribution in [0.15, 0.2) is 85.3 Å². The maximum Gasteiger partial charge on any atom is 0.257 e. The van der Waals surface area contributed by atoms with Gasteiger partial charge in [-0.2, -0.15) is 5.10 Å². The number of nitrogens with one attached hydrogen (secondary N) is 1. The number of ether oxygens (including phenoxy) is 3. The fraction of sp³-hybridized carbons (Fsp3) is 0.276. The van der Waals surface area contributed by atoms with Gasteiger partial charge in [-0.05, 0) is 49.2 Å². The van der Waals surface area contributed by atoms with Crippen molar-refractivity contribution in [2.75, 3.05) is 19.0 Å².